The van der Waals surface area contributed by atoms with Gasteiger partial charge in [0.05, 0.1) is 5.01 Å². The normalized spacial score (nSPS) is 17.9. The highest BCUT2D eigenvalue weighted by atomic mass is 32.1. The van der Waals surface area contributed by atoms with Crippen LogP contribution in [-0.4, -0.2) is 16.1 Å². The Morgan fingerprint density at radius 3 is 2.39 bits per heavy atom. The fourth-order valence-corrected chi connectivity index (χ4v) is 3.73. The molecule has 0 aromatic carbocycles. The van der Waals surface area contributed by atoms with Crippen LogP contribution in [0.5, 0.6) is 0 Å². The minimum Gasteiger partial charge on any atom is -0.476 e. The average molecular weight is 267 g/mol. The van der Waals surface area contributed by atoms with Crippen molar-refractivity contribution in [3.05, 3.63) is 15.6 Å². The zero-order valence-corrected chi connectivity index (χ0v) is 12.1. The van der Waals surface area contributed by atoms with Crippen LogP contribution in [0.15, 0.2) is 0 Å². The van der Waals surface area contributed by atoms with E-state index in [0.29, 0.717) is 11.6 Å². The zero-order valence-electron chi connectivity index (χ0n) is 11.3. The summed E-state index contributed by atoms with van der Waals surface area (Å²) in [7, 11) is 0. The molecule has 0 radical (unpaired) electrons. The first-order valence-electron chi connectivity index (χ1n) is 6.64. The number of nitrogens with zero attached hydrogens (tertiary/aromatic N) is 1. The molecule has 3 nitrogen and oxygen atoms in total. The predicted molar refractivity (Wildman–Crippen MR) is 73.6 cm³/mol. The van der Waals surface area contributed by atoms with Crippen molar-refractivity contribution in [1.29, 1.82) is 0 Å². The van der Waals surface area contributed by atoms with Gasteiger partial charge in [0.25, 0.3) is 0 Å². The summed E-state index contributed by atoms with van der Waals surface area (Å²) in [4.78, 5) is 16.7. The van der Waals surface area contributed by atoms with E-state index in [1.807, 2.05) is 0 Å². The lowest BCUT2D eigenvalue weighted by molar-refractivity contribution is 0.0689. The standard InChI is InChI=1S/C14H21NO2S/c1-14(2,3)13-15-10(12(16)17)11(18-13)9-7-5-4-6-8-9/h9H,4-8H2,1-3H3,(H,16,17). The lowest BCUT2D eigenvalue weighted by Crippen LogP contribution is -2.11. The van der Waals surface area contributed by atoms with Crippen LogP contribution in [0.3, 0.4) is 0 Å². The van der Waals surface area contributed by atoms with Crippen LogP contribution in [0.1, 0.15) is 79.2 Å². The third-order valence-corrected chi connectivity index (χ3v) is 5.12. The molecule has 1 aliphatic rings. The number of hydrogen-bond donors (Lipinski definition) is 1. The van der Waals surface area contributed by atoms with Crippen molar-refractivity contribution in [2.75, 3.05) is 0 Å². The van der Waals surface area contributed by atoms with E-state index in [9.17, 15) is 9.90 Å². The first-order chi connectivity index (χ1) is 8.39. The third kappa shape index (κ3) is 2.74. The predicted octanol–water partition coefficient (Wildman–Crippen LogP) is 4.19. The Labute approximate surface area is 112 Å². The largest absolute Gasteiger partial charge is 0.476 e. The summed E-state index contributed by atoms with van der Waals surface area (Å²) in [5.74, 6) is -0.458. The van der Waals surface area contributed by atoms with Gasteiger partial charge in [-0.05, 0) is 18.8 Å². The van der Waals surface area contributed by atoms with Gasteiger partial charge in [-0.25, -0.2) is 9.78 Å². The second-order valence-corrected chi connectivity index (χ2v) is 7.15. The zero-order chi connectivity index (χ0) is 13.3. The van der Waals surface area contributed by atoms with Crippen LogP contribution in [0.25, 0.3) is 0 Å². The molecule has 0 aliphatic heterocycles. The summed E-state index contributed by atoms with van der Waals surface area (Å²) in [5.41, 5.74) is 0.235. The van der Waals surface area contributed by atoms with Crippen LogP contribution in [0, 0.1) is 0 Å². The molecule has 2 rings (SSSR count). The fourth-order valence-electron chi connectivity index (χ4n) is 2.45. The maximum Gasteiger partial charge on any atom is 0.355 e. The molecule has 0 spiro atoms. The number of aromatic nitrogens is 1. The van der Waals surface area contributed by atoms with Gasteiger partial charge >= 0.3 is 5.97 Å². The van der Waals surface area contributed by atoms with Crippen molar-refractivity contribution < 1.29 is 9.90 Å². The highest BCUT2D eigenvalue weighted by Crippen LogP contribution is 2.40. The van der Waals surface area contributed by atoms with Crippen LogP contribution >= 0.6 is 11.3 Å². The van der Waals surface area contributed by atoms with E-state index in [1.165, 1.54) is 19.3 Å². The van der Waals surface area contributed by atoms with E-state index in [-0.39, 0.29) is 5.41 Å². The fraction of sp³-hybridized carbons (Fsp3) is 0.714. The lowest BCUT2D eigenvalue weighted by atomic mass is 9.87. The molecule has 100 valence electrons. The molecule has 0 atom stereocenters. The van der Waals surface area contributed by atoms with Crippen LogP contribution < -0.4 is 0 Å². The number of carboxylic acids is 1. The highest BCUT2D eigenvalue weighted by Gasteiger charge is 2.29. The number of hydrogen-bond acceptors (Lipinski definition) is 3. The average Bonchev–Trinajstić information content (AvgIpc) is 2.74. The summed E-state index contributed by atoms with van der Waals surface area (Å²) in [6.45, 7) is 6.26. The van der Waals surface area contributed by atoms with Gasteiger partial charge in [0.1, 0.15) is 0 Å². The number of carbonyl (C=O) groups is 1. The Morgan fingerprint density at radius 1 is 1.28 bits per heavy atom. The van der Waals surface area contributed by atoms with E-state index in [2.05, 4.69) is 25.8 Å². The Kier molecular flexibility index (Phi) is 3.76. The molecule has 1 N–H and O–H groups in total. The number of rotatable bonds is 2. The monoisotopic (exact) mass is 267 g/mol. The van der Waals surface area contributed by atoms with Crippen molar-refractivity contribution in [3.63, 3.8) is 0 Å². The number of carboxylic acid groups (broad SMARTS) is 1. The quantitative estimate of drug-likeness (QED) is 0.874. The summed E-state index contributed by atoms with van der Waals surface area (Å²) < 4.78 is 0. The molecule has 1 aromatic rings. The van der Waals surface area contributed by atoms with E-state index in [0.717, 1.165) is 22.7 Å². The van der Waals surface area contributed by atoms with Gasteiger partial charge < -0.3 is 5.11 Å². The molecule has 0 bridgehead atoms. The summed E-state index contributed by atoms with van der Waals surface area (Å²) >= 11 is 1.61. The molecule has 1 aromatic heterocycles. The van der Waals surface area contributed by atoms with Crippen LogP contribution in [0.4, 0.5) is 0 Å². The number of thiazole rings is 1. The first-order valence-corrected chi connectivity index (χ1v) is 7.45. The molecule has 1 heterocycles. The Hall–Kier alpha value is -0.900. The van der Waals surface area contributed by atoms with Gasteiger partial charge in [-0.2, -0.15) is 0 Å². The Balaban J connectivity index is 2.38. The van der Waals surface area contributed by atoms with E-state index < -0.39 is 5.97 Å². The van der Waals surface area contributed by atoms with Gasteiger partial charge in [0.15, 0.2) is 5.69 Å². The maximum atomic E-state index is 11.3. The van der Waals surface area contributed by atoms with Crippen molar-refractivity contribution in [3.8, 4) is 0 Å². The van der Waals surface area contributed by atoms with Crippen molar-refractivity contribution in [2.24, 2.45) is 0 Å². The highest BCUT2D eigenvalue weighted by molar-refractivity contribution is 7.12. The second kappa shape index (κ2) is 5.00. The van der Waals surface area contributed by atoms with E-state index >= 15 is 0 Å². The molecule has 0 amide bonds. The van der Waals surface area contributed by atoms with Gasteiger partial charge in [0.2, 0.25) is 0 Å². The summed E-state index contributed by atoms with van der Waals surface area (Å²) in [5, 5.41) is 10.3. The third-order valence-electron chi connectivity index (χ3n) is 3.47. The van der Waals surface area contributed by atoms with Gasteiger partial charge in [-0.15, -0.1) is 11.3 Å². The Morgan fingerprint density at radius 2 is 1.89 bits per heavy atom. The minimum absolute atomic E-state index is 0.0677. The molecule has 4 heteroatoms. The molecule has 18 heavy (non-hydrogen) atoms. The van der Waals surface area contributed by atoms with Crippen LogP contribution in [-0.2, 0) is 5.41 Å². The maximum absolute atomic E-state index is 11.3. The smallest absolute Gasteiger partial charge is 0.355 e. The summed E-state index contributed by atoms with van der Waals surface area (Å²) in [6.07, 6.45) is 5.95. The molecule has 1 saturated carbocycles. The Bertz CT molecular complexity index is 439. The van der Waals surface area contributed by atoms with Crippen molar-refractivity contribution >= 4 is 17.3 Å². The molecular weight excluding hydrogens is 246 g/mol. The van der Waals surface area contributed by atoms with Gasteiger partial charge in [-0.1, -0.05) is 40.0 Å². The van der Waals surface area contributed by atoms with E-state index in [4.69, 9.17) is 0 Å². The molecule has 0 saturated heterocycles. The van der Waals surface area contributed by atoms with Gasteiger partial charge in [0, 0.05) is 10.3 Å². The number of aromatic carboxylic acids is 1. The van der Waals surface area contributed by atoms with E-state index in [1.54, 1.807) is 11.3 Å². The topological polar surface area (TPSA) is 50.2 Å². The SMILES string of the molecule is CC(C)(C)c1nc(C(=O)O)c(C2CCCCC2)s1. The van der Waals surface area contributed by atoms with Crippen LogP contribution in [0.2, 0.25) is 0 Å². The minimum atomic E-state index is -0.873. The summed E-state index contributed by atoms with van der Waals surface area (Å²) in [6, 6.07) is 0. The van der Waals surface area contributed by atoms with Crippen molar-refractivity contribution in [1.82, 2.24) is 4.98 Å². The molecule has 1 fully saturated rings. The second-order valence-electron chi connectivity index (χ2n) is 6.12. The first kappa shape index (κ1) is 13.5. The van der Waals surface area contributed by atoms with Gasteiger partial charge in [-0.3, -0.25) is 0 Å². The molecule has 0 unspecified atom stereocenters. The van der Waals surface area contributed by atoms with Crippen molar-refractivity contribution in [2.45, 2.75) is 64.2 Å². The molecule has 1 aliphatic carbocycles. The lowest BCUT2D eigenvalue weighted by Gasteiger charge is -2.20. The molecular formula is C14H21NO2S.